The van der Waals surface area contributed by atoms with Gasteiger partial charge in [-0.2, -0.15) is 0 Å². The van der Waals surface area contributed by atoms with Gasteiger partial charge >= 0.3 is 0 Å². The van der Waals surface area contributed by atoms with Crippen molar-refractivity contribution < 1.29 is 10.0 Å². The van der Waals surface area contributed by atoms with E-state index >= 15 is 0 Å². The van der Waals surface area contributed by atoms with Crippen LogP contribution in [0.15, 0.2) is 24.3 Å². The van der Waals surface area contributed by atoms with Crippen molar-refractivity contribution in [1.29, 1.82) is 0 Å². The lowest BCUT2D eigenvalue weighted by atomic mass is 10.1. The van der Waals surface area contributed by atoms with Gasteiger partial charge in [-0.1, -0.05) is 6.92 Å². The van der Waals surface area contributed by atoms with Gasteiger partial charge in [-0.3, -0.25) is 15.5 Å². The molecule has 0 fully saturated rings. The minimum atomic E-state index is 0.145. The van der Waals surface area contributed by atoms with Gasteiger partial charge in [0.15, 0.2) is 5.78 Å². The Morgan fingerprint density at radius 2 is 2.00 bits per heavy atom. The van der Waals surface area contributed by atoms with E-state index in [-0.39, 0.29) is 5.78 Å². The van der Waals surface area contributed by atoms with Gasteiger partial charge in [-0.15, -0.1) is 0 Å². The third-order valence-electron chi connectivity index (χ3n) is 1.81. The molecule has 70 valence electrons. The first kappa shape index (κ1) is 9.74. The number of hydrogen-bond acceptors (Lipinski definition) is 3. The highest BCUT2D eigenvalue weighted by molar-refractivity contribution is 5.96. The molecule has 0 bridgehead atoms. The first-order valence-electron chi connectivity index (χ1n) is 4.31. The second-order valence-electron chi connectivity index (χ2n) is 2.86. The van der Waals surface area contributed by atoms with Gasteiger partial charge in [-0.25, -0.2) is 0 Å². The van der Waals surface area contributed by atoms with Crippen LogP contribution in [0.5, 0.6) is 0 Å². The Hall–Kier alpha value is -1.35. The lowest BCUT2D eigenvalue weighted by Crippen LogP contribution is -1.98. The average Bonchev–Trinajstić information content (AvgIpc) is 2.18. The van der Waals surface area contributed by atoms with E-state index in [9.17, 15) is 4.79 Å². The Bertz CT molecular complexity index is 279. The molecule has 1 rings (SSSR count). The van der Waals surface area contributed by atoms with Crippen molar-refractivity contribution in [2.24, 2.45) is 0 Å². The van der Waals surface area contributed by atoms with Gasteiger partial charge in [0.2, 0.25) is 0 Å². The summed E-state index contributed by atoms with van der Waals surface area (Å²) in [7, 11) is 0. The predicted octanol–water partition coefficient (Wildman–Crippen LogP) is 2.47. The summed E-state index contributed by atoms with van der Waals surface area (Å²) in [5.41, 5.74) is 3.30. The first-order chi connectivity index (χ1) is 6.27. The van der Waals surface area contributed by atoms with Gasteiger partial charge < -0.3 is 0 Å². The number of carbonyl (C=O) groups excluding carboxylic acids is 1. The second kappa shape index (κ2) is 4.62. The van der Waals surface area contributed by atoms with Crippen LogP contribution in [0.4, 0.5) is 5.69 Å². The summed E-state index contributed by atoms with van der Waals surface area (Å²) < 4.78 is 0. The van der Waals surface area contributed by atoms with Crippen molar-refractivity contribution in [3.05, 3.63) is 29.8 Å². The summed E-state index contributed by atoms with van der Waals surface area (Å²) in [6, 6.07) is 6.75. The van der Waals surface area contributed by atoms with Crippen LogP contribution in [0.25, 0.3) is 0 Å². The largest absolute Gasteiger partial charge is 0.294 e. The molecule has 1 aromatic carbocycles. The number of hydrogen-bond donors (Lipinski definition) is 2. The molecular weight excluding hydrogens is 166 g/mol. The Labute approximate surface area is 77.4 Å². The fraction of sp³-hybridized carbons (Fsp3) is 0.300. The summed E-state index contributed by atoms with van der Waals surface area (Å²) in [6.45, 7) is 1.97. The maximum atomic E-state index is 11.4. The molecule has 1 aromatic rings. The minimum absolute atomic E-state index is 0.145. The summed E-state index contributed by atoms with van der Waals surface area (Å²) in [6.07, 6.45) is 1.44. The number of rotatable bonds is 4. The number of Topliss-reactive ketones (excluding diaryl/α,β-unsaturated/α-hetero) is 1. The van der Waals surface area contributed by atoms with Crippen molar-refractivity contribution >= 4 is 11.5 Å². The molecule has 0 aliphatic heterocycles. The van der Waals surface area contributed by atoms with Crippen molar-refractivity contribution in [3.63, 3.8) is 0 Å². The lowest BCUT2D eigenvalue weighted by molar-refractivity contribution is 0.0982. The summed E-state index contributed by atoms with van der Waals surface area (Å²) >= 11 is 0. The molecule has 0 saturated heterocycles. The van der Waals surface area contributed by atoms with E-state index in [2.05, 4.69) is 0 Å². The average molecular weight is 179 g/mol. The number of benzene rings is 1. The Kier molecular flexibility index (Phi) is 3.46. The van der Waals surface area contributed by atoms with Crippen molar-refractivity contribution in [3.8, 4) is 0 Å². The van der Waals surface area contributed by atoms with Crippen molar-refractivity contribution in [1.82, 2.24) is 0 Å². The normalized spacial score (nSPS) is 9.69. The van der Waals surface area contributed by atoms with E-state index in [1.165, 1.54) is 0 Å². The van der Waals surface area contributed by atoms with Crippen LogP contribution in [-0.2, 0) is 0 Å². The first-order valence-corrected chi connectivity index (χ1v) is 4.31. The van der Waals surface area contributed by atoms with E-state index in [0.29, 0.717) is 17.7 Å². The number of nitrogens with one attached hydrogen (secondary N) is 1. The lowest BCUT2D eigenvalue weighted by Gasteiger charge is -2.00. The molecule has 0 aliphatic carbocycles. The standard InChI is InChI=1S/C10H13NO2/c1-2-3-10(12)8-4-6-9(11-13)7-5-8/h4-7,11,13H,2-3H2,1H3. The molecular formula is C10H13NO2. The molecule has 0 atom stereocenters. The van der Waals surface area contributed by atoms with Crippen molar-refractivity contribution in [2.45, 2.75) is 19.8 Å². The summed E-state index contributed by atoms with van der Waals surface area (Å²) in [4.78, 5) is 11.4. The van der Waals surface area contributed by atoms with Crippen LogP contribution in [0, 0.1) is 0 Å². The highest BCUT2D eigenvalue weighted by Gasteiger charge is 2.03. The fourth-order valence-corrected chi connectivity index (χ4v) is 1.10. The Morgan fingerprint density at radius 3 is 2.46 bits per heavy atom. The fourth-order valence-electron chi connectivity index (χ4n) is 1.10. The summed E-state index contributed by atoms with van der Waals surface area (Å²) in [5.74, 6) is 0.145. The quantitative estimate of drug-likeness (QED) is 0.551. The smallest absolute Gasteiger partial charge is 0.162 e. The maximum Gasteiger partial charge on any atom is 0.162 e. The molecule has 0 saturated carbocycles. The SMILES string of the molecule is CCCC(=O)c1ccc(NO)cc1. The molecule has 0 aliphatic rings. The van der Waals surface area contributed by atoms with Crippen LogP contribution in [0.3, 0.4) is 0 Å². The second-order valence-corrected chi connectivity index (χ2v) is 2.86. The Balaban J connectivity index is 2.74. The molecule has 13 heavy (non-hydrogen) atoms. The molecule has 0 unspecified atom stereocenters. The van der Waals surface area contributed by atoms with E-state index in [1.807, 2.05) is 12.4 Å². The van der Waals surface area contributed by atoms with Gasteiger partial charge in [0.05, 0.1) is 5.69 Å². The number of anilines is 1. The molecule has 0 heterocycles. The molecule has 0 radical (unpaired) electrons. The van der Waals surface area contributed by atoms with Crippen LogP contribution in [0.2, 0.25) is 0 Å². The Morgan fingerprint density at radius 1 is 1.38 bits per heavy atom. The molecule has 2 N–H and O–H groups in total. The van der Waals surface area contributed by atoms with Crippen LogP contribution >= 0.6 is 0 Å². The number of ketones is 1. The van der Waals surface area contributed by atoms with Crippen LogP contribution in [-0.4, -0.2) is 11.0 Å². The molecule has 0 amide bonds. The number of carbonyl (C=O) groups is 1. The topological polar surface area (TPSA) is 49.3 Å². The molecule has 3 nitrogen and oxygen atoms in total. The van der Waals surface area contributed by atoms with E-state index in [1.54, 1.807) is 24.3 Å². The third kappa shape index (κ3) is 2.56. The van der Waals surface area contributed by atoms with E-state index in [4.69, 9.17) is 5.21 Å². The van der Waals surface area contributed by atoms with Gasteiger partial charge in [0, 0.05) is 12.0 Å². The van der Waals surface area contributed by atoms with Gasteiger partial charge in [-0.05, 0) is 30.7 Å². The van der Waals surface area contributed by atoms with Gasteiger partial charge in [0.1, 0.15) is 0 Å². The molecule has 0 aromatic heterocycles. The zero-order valence-electron chi connectivity index (χ0n) is 7.58. The third-order valence-corrected chi connectivity index (χ3v) is 1.81. The van der Waals surface area contributed by atoms with Crippen LogP contribution < -0.4 is 5.48 Å². The van der Waals surface area contributed by atoms with Gasteiger partial charge in [0.25, 0.3) is 0 Å². The van der Waals surface area contributed by atoms with Crippen molar-refractivity contribution in [2.75, 3.05) is 5.48 Å². The predicted molar refractivity (Wildman–Crippen MR) is 51.1 cm³/mol. The summed E-state index contributed by atoms with van der Waals surface area (Å²) in [5, 5.41) is 8.54. The minimum Gasteiger partial charge on any atom is -0.294 e. The zero-order chi connectivity index (χ0) is 9.68. The maximum absolute atomic E-state index is 11.4. The highest BCUT2D eigenvalue weighted by atomic mass is 16.5. The molecule has 0 spiro atoms. The molecule has 3 heteroatoms. The highest BCUT2D eigenvalue weighted by Crippen LogP contribution is 2.10. The monoisotopic (exact) mass is 179 g/mol. The van der Waals surface area contributed by atoms with E-state index < -0.39 is 0 Å². The van der Waals surface area contributed by atoms with Crippen LogP contribution in [0.1, 0.15) is 30.1 Å². The zero-order valence-corrected chi connectivity index (χ0v) is 7.58. The van der Waals surface area contributed by atoms with E-state index in [0.717, 1.165) is 6.42 Å².